The van der Waals surface area contributed by atoms with Crippen molar-refractivity contribution in [2.45, 2.75) is 32.9 Å². The third kappa shape index (κ3) is 4.99. The topological polar surface area (TPSA) is 82.4 Å². The van der Waals surface area contributed by atoms with Crippen LogP contribution in [0.4, 0.5) is 4.39 Å². The van der Waals surface area contributed by atoms with Crippen LogP contribution in [0.2, 0.25) is 0 Å². The monoisotopic (exact) mass is 427 g/mol. The number of hydrogen-bond acceptors (Lipinski definition) is 6. The number of halogens is 1. The first-order valence-corrected chi connectivity index (χ1v) is 9.79. The minimum Gasteiger partial charge on any atom is -0.493 e. The molecule has 0 spiro atoms. The van der Waals surface area contributed by atoms with Crippen molar-refractivity contribution in [2.75, 3.05) is 21.3 Å². The second-order valence-corrected chi connectivity index (χ2v) is 7.35. The van der Waals surface area contributed by atoms with Gasteiger partial charge >= 0.3 is 0 Å². The number of rotatable bonds is 8. The summed E-state index contributed by atoms with van der Waals surface area (Å²) >= 11 is 0. The Balaban J connectivity index is 1.88. The summed E-state index contributed by atoms with van der Waals surface area (Å²) in [4.78, 5) is 15.0. The molecule has 0 fully saturated rings. The van der Waals surface area contributed by atoms with Crippen molar-refractivity contribution in [1.29, 1.82) is 0 Å². The Hall–Kier alpha value is -3.49. The molecule has 3 aromatic rings. The van der Waals surface area contributed by atoms with Crippen LogP contribution in [0, 0.1) is 19.7 Å². The predicted octanol–water partition coefficient (Wildman–Crippen LogP) is 2.89. The summed E-state index contributed by atoms with van der Waals surface area (Å²) in [6.45, 7) is 4.03. The molecule has 0 saturated carbocycles. The van der Waals surface area contributed by atoms with E-state index in [9.17, 15) is 9.18 Å². The molecule has 3 rings (SSSR count). The van der Waals surface area contributed by atoms with E-state index in [-0.39, 0.29) is 18.1 Å². The maximum Gasteiger partial charge on any atom is 0.247 e. The van der Waals surface area contributed by atoms with Crippen LogP contribution in [-0.4, -0.2) is 52.3 Å². The Morgan fingerprint density at radius 3 is 2.48 bits per heavy atom. The molecule has 164 valence electrons. The predicted molar refractivity (Wildman–Crippen MR) is 112 cm³/mol. The van der Waals surface area contributed by atoms with Gasteiger partial charge in [0.2, 0.25) is 5.91 Å². The Bertz CT molecular complexity index is 1070. The summed E-state index contributed by atoms with van der Waals surface area (Å²) in [5.74, 6) is 1.19. The Morgan fingerprint density at radius 2 is 1.87 bits per heavy atom. The molecule has 0 aliphatic heterocycles. The molecule has 1 aromatic heterocycles. The maximum absolute atomic E-state index is 13.7. The van der Waals surface area contributed by atoms with E-state index in [1.54, 1.807) is 45.2 Å². The Labute approximate surface area is 180 Å². The molecule has 8 nitrogen and oxygen atoms in total. The van der Waals surface area contributed by atoms with Gasteiger partial charge in [-0.05, 0) is 65.2 Å². The third-order valence-electron chi connectivity index (χ3n) is 5.18. The molecule has 0 N–H and O–H groups in total. The molecule has 1 amide bonds. The second kappa shape index (κ2) is 9.55. The maximum atomic E-state index is 13.7. The standard InChI is InChI=1S/C22H26FN5O3/c1-14-9-20(30-4)21(31-5)12-17(14)13-27(3)22(29)19(28-15(2)24-25-26-28)11-16-7-6-8-18(23)10-16/h6-10,12,19H,11,13H2,1-5H3. The summed E-state index contributed by atoms with van der Waals surface area (Å²) in [5, 5.41) is 11.6. The average Bonchev–Trinajstić information content (AvgIpc) is 3.18. The third-order valence-corrected chi connectivity index (χ3v) is 5.18. The van der Waals surface area contributed by atoms with Crippen LogP contribution in [-0.2, 0) is 17.8 Å². The highest BCUT2D eigenvalue weighted by Gasteiger charge is 2.27. The van der Waals surface area contributed by atoms with E-state index in [0.29, 0.717) is 29.4 Å². The van der Waals surface area contributed by atoms with Gasteiger partial charge in [-0.3, -0.25) is 4.79 Å². The van der Waals surface area contributed by atoms with Gasteiger partial charge in [0.25, 0.3) is 0 Å². The van der Waals surface area contributed by atoms with E-state index in [0.717, 1.165) is 11.1 Å². The lowest BCUT2D eigenvalue weighted by Crippen LogP contribution is -2.36. The van der Waals surface area contributed by atoms with Gasteiger partial charge in [0.1, 0.15) is 17.7 Å². The van der Waals surface area contributed by atoms with Crippen molar-refractivity contribution in [3.05, 3.63) is 64.7 Å². The molecular formula is C22H26FN5O3. The molecule has 0 saturated heterocycles. The van der Waals surface area contributed by atoms with Crippen molar-refractivity contribution in [2.24, 2.45) is 0 Å². The van der Waals surface area contributed by atoms with E-state index in [1.165, 1.54) is 16.8 Å². The summed E-state index contributed by atoms with van der Waals surface area (Å²) < 4.78 is 25.9. The smallest absolute Gasteiger partial charge is 0.247 e. The van der Waals surface area contributed by atoms with E-state index in [4.69, 9.17) is 9.47 Å². The quantitative estimate of drug-likeness (QED) is 0.550. The lowest BCUT2D eigenvalue weighted by molar-refractivity contribution is -0.134. The molecule has 31 heavy (non-hydrogen) atoms. The first-order valence-electron chi connectivity index (χ1n) is 9.79. The first-order chi connectivity index (χ1) is 14.8. The van der Waals surface area contributed by atoms with Crippen LogP contribution in [0.5, 0.6) is 11.5 Å². The highest BCUT2D eigenvalue weighted by Crippen LogP contribution is 2.31. The van der Waals surface area contributed by atoms with E-state index in [1.807, 2.05) is 19.1 Å². The second-order valence-electron chi connectivity index (χ2n) is 7.35. The van der Waals surface area contributed by atoms with Crippen LogP contribution in [0.1, 0.15) is 28.6 Å². The lowest BCUT2D eigenvalue weighted by atomic mass is 10.0. The van der Waals surface area contributed by atoms with Gasteiger partial charge in [0.15, 0.2) is 11.5 Å². The molecule has 1 atom stereocenters. The lowest BCUT2D eigenvalue weighted by Gasteiger charge is -2.25. The number of carbonyl (C=O) groups excluding carboxylic acids is 1. The van der Waals surface area contributed by atoms with E-state index in [2.05, 4.69) is 15.5 Å². The van der Waals surface area contributed by atoms with Crippen molar-refractivity contribution >= 4 is 5.91 Å². The molecule has 0 aliphatic rings. The van der Waals surface area contributed by atoms with Crippen molar-refractivity contribution in [3.8, 4) is 11.5 Å². The van der Waals surface area contributed by atoms with Crippen molar-refractivity contribution in [3.63, 3.8) is 0 Å². The van der Waals surface area contributed by atoms with Gasteiger partial charge in [0, 0.05) is 20.0 Å². The first kappa shape index (κ1) is 22.2. The zero-order chi connectivity index (χ0) is 22.5. The van der Waals surface area contributed by atoms with Crippen LogP contribution >= 0.6 is 0 Å². The van der Waals surface area contributed by atoms with E-state index < -0.39 is 6.04 Å². The molecule has 0 radical (unpaired) electrons. The van der Waals surface area contributed by atoms with Gasteiger partial charge in [0.05, 0.1) is 14.2 Å². The summed E-state index contributed by atoms with van der Waals surface area (Å²) in [7, 11) is 4.87. The van der Waals surface area contributed by atoms with Gasteiger partial charge in [-0.25, -0.2) is 9.07 Å². The molecule has 1 unspecified atom stereocenters. The van der Waals surface area contributed by atoms with Gasteiger partial charge < -0.3 is 14.4 Å². The molecular weight excluding hydrogens is 401 g/mol. The molecule has 9 heteroatoms. The highest BCUT2D eigenvalue weighted by molar-refractivity contribution is 5.80. The van der Waals surface area contributed by atoms with E-state index >= 15 is 0 Å². The molecule has 0 aliphatic carbocycles. The Morgan fingerprint density at radius 1 is 1.16 bits per heavy atom. The number of amides is 1. The Kier molecular flexibility index (Phi) is 6.84. The number of hydrogen-bond donors (Lipinski definition) is 0. The fourth-order valence-electron chi connectivity index (χ4n) is 3.47. The summed E-state index contributed by atoms with van der Waals surface area (Å²) in [6.07, 6.45) is 0.262. The van der Waals surface area contributed by atoms with Gasteiger partial charge in [-0.15, -0.1) is 5.10 Å². The SMILES string of the molecule is COc1cc(C)c(CN(C)C(=O)C(Cc2cccc(F)c2)n2nnnc2C)cc1OC. The van der Waals surface area contributed by atoms with Crippen LogP contribution < -0.4 is 9.47 Å². The fraction of sp³-hybridized carbons (Fsp3) is 0.364. The number of ether oxygens (including phenoxy) is 2. The van der Waals surface area contributed by atoms with Crippen LogP contribution in [0.3, 0.4) is 0 Å². The zero-order valence-electron chi connectivity index (χ0n) is 18.3. The van der Waals surface area contributed by atoms with Crippen molar-refractivity contribution in [1.82, 2.24) is 25.1 Å². The minimum atomic E-state index is -0.706. The normalized spacial score (nSPS) is 11.8. The molecule has 1 heterocycles. The number of aromatic nitrogens is 4. The number of nitrogens with zero attached hydrogens (tertiary/aromatic N) is 5. The van der Waals surface area contributed by atoms with Gasteiger partial charge in [-0.1, -0.05) is 12.1 Å². The van der Waals surface area contributed by atoms with Crippen molar-refractivity contribution < 1.29 is 18.7 Å². The number of methoxy groups -OCH3 is 2. The van der Waals surface area contributed by atoms with Crippen LogP contribution in [0.15, 0.2) is 36.4 Å². The minimum absolute atomic E-state index is 0.186. The number of likely N-dealkylation sites (N-methyl/N-ethyl adjacent to an activating group) is 1. The number of aryl methyl sites for hydroxylation is 2. The largest absolute Gasteiger partial charge is 0.493 e. The highest BCUT2D eigenvalue weighted by atomic mass is 19.1. The average molecular weight is 427 g/mol. The zero-order valence-corrected chi connectivity index (χ0v) is 18.3. The number of carbonyl (C=O) groups is 1. The fourth-order valence-corrected chi connectivity index (χ4v) is 3.47. The van der Waals surface area contributed by atoms with Crippen LogP contribution in [0.25, 0.3) is 0 Å². The van der Waals surface area contributed by atoms with Gasteiger partial charge in [-0.2, -0.15) is 0 Å². The number of benzene rings is 2. The number of tetrazole rings is 1. The molecule has 2 aromatic carbocycles. The summed E-state index contributed by atoms with van der Waals surface area (Å²) in [5.41, 5.74) is 2.58. The molecule has 0 bridgehead atoms. The summed E-state index contributed by atoms with van der Waals surface area (Å²) in [6, 6.07) is 9.22.